The average molecular weight is 445 g/mol. The first-order valence-corrected chi connectivity index (χ1v) is 11.3. The molecule has 1 aromatic heterocycles. The normalized spacial score (nSPS) is 11.5. The van der Waals surface area contributed by atoms with Crippen LogP contribution < -0.4 is 9.73 Å². The Labute approximate surface area is 186 Å². The van der Waals surface area contributed by atoms with E-state index in [0.717, 1.165) is 20.6 Å². The van der Waals surface area contributed by atoms with Crippen molar-refractivity contribution < 1.29 is 13.2 Å². The van der Waals surface area contributed by atoms with Crippen LogP contribution in [-0.2, 0) is 14.8 Å². The van der Waals surface area contributed by atoms with Crippen molar-refractivity contribution >= 4 is 38.6 Å². The number of benzene rings is 3. The van der Waals surface area contributed by atoms with E-state index >= 15 is 0 Å². The molecule has 0 atom stereocenters. The molecule has 0 aliphatic rings. The highest BCUT2D eigenvalue weighted by atomic mass is 32.2. The summed E-state index contributed by atoms with van der Waals surface area (Å²) in [6.07, 6.45) is 4.47. The van der Waals surface area contributed by atoms with Crippen LogP contribution in [0.25, 0.3) is 10.8 Å². The zero-order chi connectivity index (χ0) is 22.4. The van der Waals surface area contributed by atoms with Crippen LogP contribution in [0.3, 0.4) is 0 Å². The Kier molecular flexibility index (Phi) is 6.23. The van der Waals surface area contributed by atoms with Gasteiger partial charge in [0.1, 0.15) is 6.54 Å². The maximum atomic E-state index is 13.2. The molecule has 0 radical (unpaired) electrons. The molecule has 4 rings (SSSR count). The first kappa shape index (κ1) is 21.2. The number of anilines is 1. The summed E-state index contributed by atoms with van der Waals surface area (Å²) in [5.74, 6) is -0.579. The minimum atomic E-state index is -3.97. The van der Waals surface area contributed by atoms with E-state index < -0.39 is 22.5 Å². The van der Waals surface area contributed by atoms with Crippen molar-refractivity contribution in [2.24, 2.45) is 5.10 Å². The zero-order valence-electron chi connectivity index (χ0n) is 17.0. The molecule has 160 valence electrons. The maximum absolute atomic E-state index is 13.2. The summed E-state index contributed by atoms with van der Waals surface area (Å²) < 4.78 is 27.4. The van der Waals surface area contributed by atoms with Gasteiger partial charge in [-0.1, -0.05) is 60.7 Å². The number of nitrogens with zero attached hydrogens (tertiary/aromatic N) is 3. The molecule has 0 aliphatic carbocycles. The number of sulfonamides is 1. The van der Waals surface area contributed by atoms with Gasteiger partial charge in [-0.15, -0.1) is 0 Å². The van der Waals surface area contributed by atoms with Crippen LogP contribution in [0.5, 0.6) is 0 Å². The van der Waals surface area contributed by atoms with Gasteiger partial charge < -0.3 is 0 Å². The summed E-state index contributed by atoms with van der Waals surface area (Å²) in [5.41, 5.74) is 3.54. The molecule has 8 heteroatoms. The zero-order valence-corrected chi connectivity index (χ0v) is 17.8. The number of fused-ring (bicyclic) bond motifs is 1. The molecule has 1 amide bonds. The quantitative estimate of drug-likeness (QED) is 0.348. The van der Waals surface area contributed by atoms with Crippen molar-refractivity contribution in [1.82, 2.24) is 10.4 Å². The van der Waals surface area contributed by atoms with Crippen LogP contribution in [0, 0.1) is 0 Å². The highest BCUT2D eigenvalue weighted by Gasteiger charge is 2.27. The van der Waals surface area contributed by atoms with E-state index in [4.69, 9.17) is 0 Å². The van der Waals surface area contributed by atoms with Crippen molar-refractivity contribution in [3.05, 3.63) is 103 Å². The van der Waals surface area contributed by atoms with Crippen LogP contribution in [-0.4, -0.2) is 32.1 Å². The fourth-order valence-electron chi connectivity index (χ4n) is 3.24. The number of rotatable bonds is 7. The molecule has 7 nitrogen and oxygen atoms in total. The Hall–Kier alpha value is -4.04. The number of amides is 1. The molecule has 0 bridgehead atoms. The van der Waals surface area contributed by atoms with Crippen LogP contribution >= 0.6 is 0 Å². The highest BCUT2D eigenvalue weighted by Crippen LogP contribution is 2.22. The molecular formula is C24H20N4O3S. The number of aromatic nitrogens is 1. The van der Waals surface area contributed by atoms with E-state index in [2.05, 4.69) is 15.5 Å². The summed E-state index contributed by atoms with van der Waals surface area (Å²) >= 11 is 0. The minimum Gasteiger partial charge on any atom is -0.271 e. The number of pyridine rings is 1. The van der Waals surface area contributed by atoms with Crippen molar-refractivity contribution in [3.8, 4) is 0 Å². The number of carbonyl (C=O) groups excluding carboxylic acids is 1. The van der Waals surface area contributed by atoms with Crippen molar-refractivity contribution in [1.29, 1.82) is 0 Å². The van der Waals surface area contributed by atoms with E-state index in [1.54, 1.807) is 36.5 Å². The number of hydrazone groups is 1. The van der Waals surface area contributed by atoms with Gasteiger partial charge in [-0.05, 0) is 35.0 Å². The molecule has 0 spiro atoms. The molecule has 0 saturated heterocycles. The smallest absolute Gasteiger partial charge is 0.264 e. The summed E-state index contributed by atoms with van der Waals surface area (Å²) in [5, 5.41) is 6.08. The first-order chi connectivity index (χ1) is 15.6. The Bertz CT molecular complexity index is 1350. The number of nitrogens with one attached hydrogen (secondary N) is 1. The van der Waals surface area contributed by atoms with Crippen molar-refractivity contribution in [2.75, 3.05) is 10.8 Å². The standard InChI is InChI=1S/C24H20N4O3S/c29-24(27-26-16-20-10-6-9-19-8-4-5-14-23(19)20)18-28(21-11-7-15-25-17-21)32(30,31)22-12-2-1-3-13-22/h1-17H,18H2,(H,27,29)/b26-16-. The molecule has 0 aliphatic heterocycles. The van der Waals surface area contributed by atoms with Gasteiger partial charge in [-0.25, -0.2) is 13.8 Å². The van der Waals surface area contributed by atoms with Crippen LogP contribution in [0.15, 0.2) is 107 Å². The van der Waals surface area contributed by atoms with Gasteiger partial charge in [-0.3, -0.25) is 14.1 Å². The molecule has 4 aromatic rings. The SMILES string of the molecule is O=C(CN(c1cccnc1)S(=O)(=O)c1ccccc1)N/N=C\c1cccc2ccccc12. The topological polar surface area (TPSA) is 91.7 Å². The lowest BCUT2D eigenvalue weighted by atomic mass is 10.1. The third kappa shape index (κ3) is 4.65. The molecule has 3 aromatic carbocycles. The lowest BCUT2D eigenvalue weighted by Gasteiger charge is -2.23. The number of hydrogen-bond acceptors (Lipinski definition) is 5. The highest BCUT2D eigenvalue weighted by molar-refractivity contribution is 7.92. The second-order valence-corrected chi connectivity index (χ2v) is 8.76. The fraction of sp³-hybridized carbons (Fsp3) is 0.0417. The Balaban J connectivity index is 1.55. The lowest BCUT2D eigenvalue weighted by molar-refractivity contribution is -0.119. The predicted molar refractivity (Wildman–Crippen MR) is 125 cm³/mol. The van der Waals surface area contributed by atoms with Gasteiger partial charge in [0.05, 0.1) is 23.0 Å². The Morgan fingerprint density at radius 1 is 0.938 bits per heavy atom. The molecule has 1 heterocycles. The molecule has 32 heavy (non-hydrogen) atoms. The van der Waals surface area contributed by atoms with Crippen molar-refractivity contribution in [2.45, 2.75) is 4.90 Å². The number of carbonyl (C=O) groups is 1. The van der Waals surface area contributed by atoms with Crippen LogP contribution in [0.4, 0.5) is 5.69 Å². The molecule has 0 unspecified atom stereocenters. The third-order valence-electron chi connectivity index (χ3n) is 4.77. The van der Waals surface area contributed by atoms with E-state index in [1.807, 2.05) is 42.5 Å². The van der Waals surface area contributed by atoms with E-state index in [-0.39, 0.29) is 10.6 Å². The second-order valence-electron chi connectivity index (χ2n) is 6.90. The maximum Gasteiger partial charge on any atom is 0.264 e. The van der Waals surface area contributed by atoms with Crippen molar-refractivity contribution in [3.63, 3.8) is 0 Å². The molecule has 0 saturated carbocycles. The minimum absolute atomic E-state index is 0.0795. The largest absolute Gasteiger partial charge is 0.271 e. The fourth-order valence-corrected chi connectivity index (χ4v) is 4.67. The summed E-state index contributed by atoms with van der Waals surface area (Å²) in [7, 11) is -3.97. The predicted octanol–water partition coefficient (Wildman–Crippen LogP) is 3.58. The molecule has 0 fully saturated rings. The van der Waals surface area contributed by atoms with Gasteiger partial charge >= 0.3 is 0 Å². The van der Waals surface area contributed by atoms with E-state index in [1.165, 1.54) is 24.5 Å². The van der Waals surface area contributed by atoms with Gasteiger partial charge in [-0.2, -0.15) is 5.10 Å². The average Bonchev–Trinajstić information content (AvgIpc) is 2.84. The van der Waals surface area contributed by atoms with Gasteiger partial charge in [0.15, 0.2) is 0 Å². The van der Waals surface area contributed by atoms with Gasteiger partial charge in [0.2, 0.25) is 0 Å². The monoisotopic (exact) mass is 444 g/mol. The summed E-state index contributed by atoms with van der Waals surface area (Å²) in [6.45, 7) is -0.449. The lowest BCUT2D eigenvalue weighted by Crippen LogP contribution is -2.39. The summed E-state index contributed by atoms with van der Waals surface area (Å²) in [4.78, 5) is 16.7. The Morgan fingerprint density at radius 2 is 1.69 bits per heavy atom. The summed E-state index contributed by atoms with van der Waals surface area (Å²) in [6, 6.07) is 24.8. The Morgan fingerprint density at radius 3 is 2.47 bits per heavy atom. The molecular weight excluding hydrogens is 424 g/mol. The van der Waals surface area contributed by atoms with Crippen LogP contribution in [0.1, 0.15) is 5.56 Å². The van der Waals surface area contributed by atoms with Gasteiger partial charge in [0.25, 0.3) is 15.9 Å². The van der Waals surface area contributed by atoms with E-state index in [9.17, 15) is 13.2 Å². The van der Waals surface area contributed by atoms with Crippen LogP contribution in [0.2, 0.25) is 0 Å². The molecule has 1 N–H and O–H groups in total. The second kappa shape index (κ2) is 9.40. The first-order valence-electron chi connectivity index (χ1n) is 9.83. The number of hydrogen-bond donors (Lipinski definition) is 1. The van der Waals surface area contributed by atoms with Gasteiger partial charge in [0, 0.05) is 11.8 Å². The third-order valence-corrected chi connectivity index (χ3v) is 6.56. The van der Waals surface area contributed by atoms with E-state index in [0.29, 0.717) is 0 Å².